The van der Waals surface area contributed by atoms with E-state index in [-0.39, 0.29) is 24.5 Å². The normalized spacial score (nSPS) is 12.1. The van der Waals surface area contributed by atoms with Crippen molar-refractivity contribution in [3.63, 3.8) is 0 Å². The van der Waals surface area contributed by atoms with Gasteiger partial charge in [0.15, 0.2) is 0 Å². The highest BCUT2D eigenvalue weighted by Gasteiger charge is 2.17. The lowest BCUT2D eigenvalue weighted by molar-refractivity contribution is -0.120. The summed E-state index contributed by atoms with van der Waals surface area (Å²) < 4.78 is 5.35. The first kappa shape index (κ1) is 17.0. The van der Waals surface area contributed by atoms with Crippen LogP contribution in [0.4, 0.5) is 0 Å². The van der Waals surface area contributed by atoms with Crippen molar-refractivity contribution in [1.82, 2.24) is 10.6 Å². The van der Waals surface area contributed by atoms with E-state index in [2.05, 4.69) is 10.6 Å². The summed E-state index contributed by atoms with van der Waals surface area (Å²) in [6.45, 7) is 2.19. The summed E-state index contributed by atoms with van der Waals surface area (Å²) in [6, 6.07) is 23.5. The molecular weight excluding hydrogens is 312 g/mol. The Labute approximate surface area is 147 Å². The Morgan fingerprint density at radius 2 is 1.52 bits per heavy atom. The van der Waals surface area contributed by atoms with Crippen molar-refractivity contribution in [2.75, 3.05) is 6.54 Å². The lowest BCUT2D eigenvalue weighted by Gasteiger charge is -2.20. The fraction of sp³-hybridized carbons (Fsp3) is 0.190. The second kappa shape index (κ2) is 8.31. The molecule has 0 aliphatic carbocycles. The number of hydrogen-bond acceptors (Lipinski definition) is 3. The molecule has 1 heterocycles. The van der Waals surface area contributed by atoms with Gasteiger partial charge < -0.3 is 9.73 Å². The molecule has 1 aromatic heterocycles. The van der Waals surface area contributed by atoms with Gasteiger partial charge in [-0.25, -0.2) is 0 Å². The van der Waals surface area contributed by atoms with E-state index in [0.717, 1.165) is 16.9 Å². The zero-order valence-corrected chi connectivity index (χ0v) is 14.2. The van der Waals surface area contributed by atoms with Crippen molar-refractivity contribution in [2.45, 2.75) is 19.0 Å². The van der Waals surface area contributed by atoms with E-state index in [1.54, 1.807) is 6.26 Å². The van der Waals surface area contributed by atoms with E-state index < -0.39 is 0 Å². The maximum absolute atomic E-state index is 12.5. The summed E-state index contributed by atoms with van der Waals surface area (Å²) in [5, 5.41) is 6.31. The molecule has 0 bridgehead atoms. The van der Waals surface area contributed by atoms with Crippen LogP contribution < -0.4 is 10.6 Å². The minimum atomic E-state index is -0.171. The summed E-state index contributed by atoms with van der Waals surface area (Å²) in [7, 11) is 0. The molecule has 3 rings (SSSR count). The molecular formula is C21H22N2O2. The molecule has 3 aromatic rings. The zero-order valence-electron chi connectivity index (χ0n) is 14.2. The Balaban J connectivity index is 1.67. The molecule has 0 fully saturated rings. The molecule has 0 unspecified atom stereocenters. The number of benzene rings is 2. The Hall–Kier alpha value is -2.85. The second-order valence-corrected chi connectivity index (χ2v) is 5.94. The first-order chi connectivity index (χ1) is 12.2. The van der Waals surface area contributed by atoms with Crippen LogP contribution in [0.15, 0.2) is 83.5 Å². The van der Waals surface area contributed by atoms with E-state index in [1.807, 2.05) is 79.7 Å². The van der Waals surface area contributed by atoms with Crippen LogP contribution >= 0.6 is 0 Å². The van der Waals surface area contributed by atoms with Gasteiger partial charge in [0.2, 0.25) is 5.91 Å². The smallest absolute Gasteiger partial charge is 0.234 e. The van der Waals surface area contributed by atoms with Crippen LogP contribution in [-0.2, 0) is 4.79 Å². The van der Waals surface area contributed by atoms with Crippen molar-refractivity contribution in [3.05, 3.63) is 95.9 Å². The number of amides is 1. The van der Waals surface area contributed by atoms with E-state index in [1.165, 1.54) is 0 Å². The van der Waals surface area contributed by atoms with Crippen molar-refractivity contribution in [1.29, 1.82) is 0 Å². The van der Waals surface area contributed by atoms with Crippen molar-refractivity contribution in [2.24, 2.45) is 0 Å². The lowest BCUT2D eigenvalue weighted by atomic mass is 9.99. The summed E-state index contributed by atoms with van der Waals surface area (Å²) in [4.78, 5) is 12.5. The van der Waals surface area contributed by atoms with Gasteiger partial charge in [-0.15, -0.1) is 0 Å². The number of furan rings is 1. The van der Waals surface area contributed by atoms with Crippen LogP contribution in [0.5, 0.6) is 0 Å². The summed E-state index contributed by atoms with van der Waals surface area (Å²) >= 11 is 0. The van der Waals surface area contributed by atoms with Gasteiger partial charge in [0.25, 0.3) is 0 Å². The molecule has 0 aliphatic heterocycles. The van der Waals surface area contributed by atoms with Crippen molar-refractivity contribution < 1.29 is 9.21 Å². The van der Waals surface area contributed by atoms with Crippen LogP contribution in [0.25, 0.3) is 0 Å². The number of rotatable bonds is 7. The molecule has 128 valence electrons. The van der Waals surface area contributed by atoms with Crippen molar-refractivity contribution >= 4 is 5.91 Å². The third-order valence-electron chi connectivity index (χ3n) is 4.11. The van der Waals surface area contributed by atoms with Gasteiger partial charge in [0.05, 0.1) is 24.9 Å². The Kier molecular flexibility index (Phi) is 5.65. The summed E-state index contributed by atoms with van der Waals surface area (Å²) in [5.74, 6) is 0.756. The molecule has 2 aromatic carbocycles. The Morgan fingerprint density at radius 3 is 2.04 bits per heavy atom. The molecule has 4 nitrogen and oxygen atoms in total. The van der Waals surface area contributed by atoms with Crippen LogP contribution in [0.1, 0.15) is 35.9 Å². The maximum Gasteiger partial charge on any atom is 0.234 e. The number of carbonyl (C=O) groups excluding carboxylic acids is 1. The van der Waals surface area contributed by atoms with E-state index in [4.69, 9.17) is 4.42 Å². The van der Waals surface area contributed by atoms with Crippen LogP contribution in [0.2, 0.25) is 0 Å². The quantitative estimate of drug-likeness (QED) is 0.690. The van der Waals surface area contributed by atoms with Crippen LogP contribution in [0.3, 0.4) is 0 Å². The van der Waals surface area contributed by atoms with Crippen LogP contribution in [-0.4, -0.2) is 12.5 Å². The van der Waals surface area contributed by atoms with Gasteiger partial charge in [-0.3, -0.25) is 10.1 Å². The first-order valence-corrected chi connectivity index (χ1v) is 8.40. The molecule has 0 saturated heterocycles. The average molecular weight is 334 g/mol. The Morgan fingerprint density at radius 1 is 0.920 bits per heavy atom. The average Bonchev–Trinajstić information content (AvgIpc) is 3.20. The predicted molar refractivity (Wildman–Crippen MR) is 98.0 cm³/mol. The lowest BCUT2D eigenvalue weighted by Crippen LogP contribution is -2.37. The van der Waals surface area contributed by atoms with Gasteiger partial charge >= 0.3 is 0 Å². The standard InChI is InChI=1S/C21H22N2O2/c1-16(19-13-8-14-25-19)22-15-20(24)23-21(17-9-4-2-5-10-17)18-11-6-3-7-12-18/h2-14,16,21-22H,15H2,1H3,(H,23,24)/t16-/m0/s1. The highest BCUT2D eigenvalue weighted by atomic mass is 16.3. The van der Waals surface area contributed by atoms with Crippen LogP contribution in [0, 0.1) is 0 Å². The molecule has 0 spiro atoms. The SMILES string of the molecule is C[C@H](NCC(=O)NC(c1ccccc1)c1ccccc1)c1ccco1. The third kappa shape index (κ3) is 4.58. The minimum Gasteiger partial charge on any atom is -0.468 e. The number of hydrogen-bond donors (Lipinski definition) is 2. The van der Waals surface area contributed by atoms with Gasteiger partial charge in [-0.2, -0.15) is 0 Å². The summed E-state index contributed by atoms with van der Waals surface area (Å²) in [6.07, 6.45) is 1.63. The number of carbonyl (C=O) groups is 1. The van der Waals surface area contributed by atoms with E-state index in [0.29, 0.717) is 0 Å². The van der Waals surface area contributed by atoms with Gasteiger partial charge in [-0.05, 0) is 30.2 Å². The minimum absolute atomic E-state index is 0.0207. The zero-order chi connectivity index (χ0) is 17.5. The molecule has 2 N–H and O–H groups in total. The fourth-order valence-corrected chi connectivity index (χ4v) is 2.75. The molecule has 0 radical (unpaired) electrons. The first-order valence-electron chi connectivity index (χ1n) is 8.40. The van der Waals surface area contributed by atoms with E-state index >= 15 is 0 Å². The number of nitrogens with one attached hydrogen (secondary N) is 2. The van der Waals surface area contributed by atoms with Gasteiger partial charge in [0.1, 0.15) is 5.76 Å². The highest BCUT2D eigenvalue weighted by molar-refractivity contribution is 5.79. The molecule has 25 heavy (non-hydrogen) atoms. The van der Waals surface area contributed by atoms with E-state index in [9.17, 15) is 4.79 Å². The molecule has 1 atom stereocenters. The molecule has 1 amide bonds. The van der Waals surface area contributed by atoms with Crippen molar-refractivity contribution in [3.8, 4) is 0 Å². The maximum atomic E-state index is 12.5. The topological polar surface area (TPSA) is 54.3 Å². The molecule has 4 heteroatoms. The second-order valence-electron chi connectivity index (χ2n) is 5.94. The third-order valence-corrected chi connectivity index (χ3v) is 4.11. The monoisotopic (exact) mass is 334 g/mol. The molecule has 0 aliphatic rings. The Bertz CT molecular complexity index is 731. The highest BCUT2D eigenvalue weighted by Crippen LogP contribution is 2.21. The predicted octanol–water partition coefficient (Wildman–Crippen LogP) is 3.84. The van der Waals surface area contributed by atoms with Gasteiger partial charge in [0, 0.05) is 0 Å². The summed E-state index contributed by atoms with van der Waals surface area (Å²) in [5.41, 5.74) is 2.11. The molecule has 0 saturated carbocycles. The van der Waals surface area contributed by atoms with Gasteiger partial charge in [-0.1, -0.05) is 60.7 Å². The largest absolute Gasteiger partial charge is 0.468 e. The fourth-order valence-electron chi connectivity index (χ4n) is 2.75.